The molecule has 0 spiro atoms. The van der Waals surface area contributed by atoms with Gasteiger partial charge in [0, 0.05) is 19.8 Å². The highest BCUT2D eigenvalue weighted by Crippen LogP contribution is 2.18. The number of hydrogen-bond donors (Lipinski definition) is 2. The van der Waals surface area contributed by atoms with Gasteiger partial charge in [0.1, 0.15) is 0 Å². The first-order valence-corrected chi connectivity index (χ1v) is 11.5. The molecule has 2 aromatic carbocycles. The molecule has 0 unspecified atom stereocenters. The first-order valence-electron chi connectivity index (χ1n) is 10.0. The Bertz CT molecular complexity index is 921. The normalized spacial score (nSPS) is 19.8. The number of nitrogens with zero attached hydrogens (tertiary/aromatic N) is 1. The van der Waals surface area contributed by atoms with Crippen LogP contribution in [0.2, 0.25) is 0 Å². The Hall–Kier alpha value is -2.22. The van der Waals surface area contributed by atoms with Gasteiger partial charge in [-0.3, -0.25) is 4.79 Å². The first-order chi connectivity index (χ1) is 13.8. The third-order valence-electron chi connectivity index (χ3n) is 5.49. The summed E-state index contributed by atoms with van der Waals surface area (Å²) in [7, 11) is -0.535. The molecule has 1 amide bonds. The molecule has 2 N–H and O–H groups in total. The number of sulfonamides is 1. The molecule has 0 atom stereocenters. The molecule has 6 nitrogen and oxygen atoms in total. The molecule has 1 heterocycles. The van der Waals surface area contributed by atoms with Gasteiger partial charge < -0.3 is 10.2 Å². The van der Waals surface area contributed by atoms with Crippen molar-refractivity contribution in [3.63, 3.8) is 0 Å². The van der Waals surface area contributed by atoms with Crippen LogP contribution in [0.25, 0.3) is 0 Å². The van der Waals surface area contributed by atoms with E-state index in [1.165, 1.54) is 36.7 Å². The first kappa shape index (κ1) is 21.5. The molecule has 156 valence electrons. The summed E-state index contributed by atoms with van der Waals surface area (Å²) in [5, 5.41) is 2.85. The largest absolute Gasteiger partial charge is 0.327 e. The van der Waals surface area contributed by atoms with E-state index in [4.69, 9.17) is 0 Å². The standard InChI is InChI=1S/C22H29N3O3S/c1-24(2)29(27,28)21-10-6-9-20(16-21)23-22(26)17-25-13-11-19(12-14-25)15-18-7-4-3-5-8-18/h3-10,16,19H,11-15,17H2,1-2H3,(H,23,26)/p+1. The number of likely N-dealkylation sites (tertiary alicyclic amines) is 1. The minimum absolute atomic E-state index is 0.0825. The number of rotatable bonds is 7. The van der Waals surface area contributed by atoms with Crippen LogP contribution in [0.3, 0.4) is 0 Å². The molecule has 0 aromatic heterocycles. The minimum atomic E-state index is -3.52. The second-order valence-electron chi connectivity index (χ2n) is 7.92. The van der Waals surface area contributed by atoms with Crippen molar-refractivity contribution in [1.29, 1.82) is 0 Å². The van der Waals surface area contributed by atoms with Gasteiger partial charge >= 0.3 is 0 Å². The number of amides is 1. The van der Waals surface area contributed by atoms with Gasteiger partial charge in [0.05, 0.1) is 18.0 Å². The number of benzene rings is 2. The molecule has 1 saturated heterocycles. The van der Waals surface area contributed by atoms with Crippen molar-refractivity contribution in [2.24, 2.45) is 5.92 Å². The van der Waals surface area contributed by atoms with Crippen molar-refractivity contribution >= 4 is 21.6 Å². The fourth-order valence-corrected chi connectivity index (χ4v) is 4.74. The smallest absolute Gasteiger partial charge is 0.279 e. The Morgan fingerprint density at radius 3 is 2.41 bits per heavy atom. The second kappa shape index (κ2) is 9.52. The summed E-state index contributed by atoms with van der Waals surface area (Å²) in [5.74, 6) is 0.595. The van der Waals surface area contributed by atoms with Crippen LogP contribution in [-0.2, 0) is 21.2 Å². The number of piperidine rings is 1. The van der Waals surface area contributed by atoms with Crippen molar-refractivity contribution in [2.45, 2.75) is 24.2 Å². The Balaban J connectivity index is 1.49. The van der Waals surface area contributed by atoms with Gasteiger partial charge in [-0.2, -0.15) is 0 Å². The zero-order chi connectivity index (χ0) is 20.9. The molecule has 0 aliphatic carbocycles. The van der Waals surface area contributed by atoms with Crippen LogP contribution in [0.4, 0.5) is 5.69 Å². The van der Waals surface area contributed by atoms with Crippen LogP contribution in [0.15, 0.2) is 59.5 Å². The third kappa shape index (κ3) is 5.88. The lowest BCUT2D eigenvalue weighted by atomic mass is 9.90. The van der Waals surface area contributed by atoms with Crippen molar-refractivity contribution in [2.75, 3.05) is 39.0 Å². The second-order valence-corrected chi connectivity index (χ2v) is 10.1. The summed E-state index contributed by atoms with van der Waals surface area (Å²) in [5.41, 5.74) is 1.89. The van der Waals surface area contributed by atoms with E-state index in [2.05, 4.69) is 29.6 Å². The van der Waals surface area contributed by atoms with Gasteiger partial charge in [-0.15, -0.1) is 0 Å². The molecular formula is C22H30N3O3S+. The summed E-state index contributed by atoms with van der Waals surface area (Å²) in [6.07, 6.45) is 3.34. The van der Waals surface area contributed by atoms with Crippen LogP contribution < -0.4 is 10.2 Å². The zero-order valence-electron chi connectivity index (χ0n) is 17.1. The summed E-state index contributed by atoms with van der Waals surface area (Å²) in [6, 6.07) is 17.0. The zero-order valence-corrected chi connectivity index (χ0v) is 17.9. The highest BCUT2D eigenvalue weighted by atomic mass is 32.2. The lowest BCUT2D eigenvalue weighted by Crippen LogP contribution is -3.14. The summed E-state index contributed by atoms with van der Waals surface area (Å²) >= 11 is 0. The number of carbonyl (C=O) groups excluding carboxylic acids is 1. The van der Waals surface area contributed by atoms with E-state index >= 15 is 0 Å². The predicted molar refractivity (Wildman–Crippen MR) is 114 cm³/mol. The number of nitrogens with one attached hydrogen (secondary N) is 2. The van der Waals surface area contributed by atoms with Gasteiger partial charge in [-0.05, 0) is 48.9 Å². The van der Waals surface area contributed by atoms with Gasteiger partial charge in [0.15, 0.2) is 6.54 Å². The third-order valence-corrected chi connectivity index (χ3v) is 7.30. The fourth-order valence-electron chi connectivity index (χ4n) is 3.79. The summed E-state index contributed by atoms with van der Waals surface area (Å²) in [6.45, 7) is 2.38. The van der Waals surface area contributed by atoms with Crippen molar-refractivity contribution in [1.82, 2.24) is 4.31 Å². The average Bonchev–Trinajstić information content (AvgIpc) is 2.70. The monoisotopic (exact) mass is 416 g/mol. The molecule has 29 heavy (non-hydrogen) atoms. The molecule has 0 radical (unpaired) electrons. The Labute approximate surface area is 173 Å². The predicted octanol–water partition coefficient (Wildman–Crippen LogP) is 1.41. The molecule has 1 aliphatic heterocycles. The highest BCUT2D eigenvalue weighted by molar-refractivity contribution is 7.89. The molecule has 3 rings (SSSR count). The lowest BCUT2D eigenvalue weighted by Gasteiger charge is -2.29. The lowest BCUT2D eigenvalue weighted by molar-refractivity contribution is -0.898. The van der Waals surface area contributed by atoms with E-state index < -0.39 is 10.0 Å². The van der Waals surface area contributed by atoms with Crippen molar-refractivity contribution in [3.8, 4) is 0 Å². The van der Waals surface area contributed by atoms with Crippen molar-refractivity contribution in [3.05, 3.63) is 60.2 Å². The molecule has 7 heteroatoms. The Morgan fingerprint density at radius 1 is 1.07 bits per heavy atom. The SMILES string of the molecule is CN(C)S(=O)(=O)c1cccc(NC(=O)C[NH+]2CCC(Cc3ccccc3)CC2)c1. The maximum Gasteiger partial charge on any atom is 0.279 e. The Morgan fingerprint density at radius 2 is 1.76 bits per heavy atom. The molecular weight excluding hydrogens is 386 g/mol. The van der Waals surface area contributed by atoms with Gasteiger partial charge in [0.2, 0.25) is 10.0 Å². The number of carbonyl (C=O) groups is 1. The maximum atomic E-state index is 12.5. The van der Waals surface area contributed by atoms with E-state index in [1.807, 2.05) is 6.07 Å². The average molecular weight is 417 g/mol. The van der Waals surface area contributed by atoms with E-state index in [1.54, 1.807) is 12.1 Å². The van der Waals surface area contributed by atoms with Crippen LogP contribution in [0.5, 0.6) is 0 Å². The van der Waals surface area contributed by atoms with Crippen LogP contribution in [-0.4, -0.2) is 52.4 Å². The number of anilines is 1. The van der Waals surface area contributed by atoms with E-state index in [0.717, 1.165) is 36.7 Å². The molecule has 0 saturated carbocycles. The van der Waals surface area contributed by atoms with Crippen LogP contribution in [0, 0.1) is 5.92 Å². The maximum absolute atomic E-state index is 12.5. The molecule has 1 fully saturated rings. The summed E-state index contributed by atoms with van der Waals surface area (Å²) < 4.78 is 25.7. The number of hydrogen-bond acceptors (Lipinski definition) is 3. The van der Waals surface area contributed by atoms with Gasteiger partial charge in [-0.1, -0.05) is 36.4 Å². The van der Waals surface area contributed by atoms with E-state index in [9.17, 15) is 13.2 Å². The highest BCUT2D eigenvalue weighted by Gasteiger charge is 2.24. The topological polar surface area (TPSA) is 70.9 Å². The van der Waals surface area contributed by atoms with E-state index in [0.29, 0.717) is 18.2 Å². The minimum Gasteiger partial charge on any atom is -0.327 e. The van der Waals surface area contributed by atoms with Crippen LogP contribution in [0.1, 0.15) is 18.4 Å². The quantitative estimate of drug-likeness (QED) is 0.717. The summed E-state index contributed by atoms with van der Waals surface area (Å²) in [4.78, 5) is 13.9. The number of quaternary nitrogens is 1. The van der Waals surface area contributed by atoms with E-state index in [-0.39, 0.29) is 10.8 Å². The Kier molecular flexibility index (Phi) is 7.05. The van der Waals surface area contributed by atoms with Gasteiger partial charge in [0.25, 0.3) is 5.91 Å². The van der Waals surface area contributed by atoms with Crippen LogP contribution >= 0.6 is 0 Å². The van der Waals surface area contributed by atoms with Gasteiger partial charge in [-0.25, -0.2) is 12.7 Å². The molecule has 1 aliphatic rings. The molecule has 0 bridgehead atoms. The molecule has 2 aromatic rings. The van der Waals surface area contributed by atoms with Crippen molar-refractivity contribution < 1.29 is 18.1 Å². The fraction of sp³-hybridized carbons (Fsp3) is 0.409.